The van der Waals surface area contributed by atoms with Crippen LogP contribution in [0.15, 0.2) is 24.3 Å². The molecule has 3 unspecified atom stereocenters. The quantitative estimate of drug-likeness (QED) is 0.873. The largest absolute Gasteiger partial charge is 0.392 e. The average Bonchev–Trinajstić information content (AvgIpc) is 3.01. The van der Waals surface area contributed by atoms with E-state index < -0.39 is 0 Å². The summed E-state index contributed by atoms with van der Waals surface area (Å²) in [5.41, 5.74) is 1.62. The summed E-state index contributed by atoms with van der Waals surface area (Å²) in [4.78, 5) is 12.1. The van der Waals surface area contributed by atoms with E-state index in [2.05, 4.69) is 5.32 Å². The van der Waals surface area contributed by atoms with E-state index >= 15 is 0 Å². The van der Waals surface area contributed by atoms with E-state index in [1.807, 2.05) is 24.3 Å². The average molecular weight is 259 g/mol. The summed E-state index contributed by atoms with van der Waals surface area (Å²) in [7, 11) is 0. The monoisotopic (exact) mass is 259 g/mol. The molecule has 102 valence electrons. The Hall–Kier alpha value is -1.35. The van der Waals surface area contributed by atoms with E-state index in [-0.39, 0.29) is 12.5 Å². The number of rotatable bonds is 4. The van der Waals surface area contributed by atoms with Gasteiger partial charge in [-0.2, -0.15) is 0 Å². The van der Waals surface area contributed by atoms with Crippen LogP contribution in [0, 0.1) is 17.8 Å². The van der Waals surface area contributed by atoms with Crippen LogP contribution in [-0.2, 0) is 11.4 Å². The summed E-state index contributed by atoms with van der Waals surface area (Å²) in [6.07, 6.45) is 5.95. The first-order valence-corrected chi connectivity index (χ1v) is 7.24. The Morgan fingerprint density at radius 3 is 2.89 bits per heavy atom. The molecule has 3 nitrogen and oxygen atoms in total. The molecule has 0 spiro atoms. The minimum Gasteiger partial charge on any atom is -0.392 e. The van der Waals surface area contributed by atoms with Gasteiger partial charge in [0.25, 0.3) is 0 Å². The van der Waals surface area contributed by atoms with Crippen LogP contribution in [0.1, 0.15) is 37.7 Å². The third-order valence-corrected chi connectivity index (χ3v) is 4.73. The Labute approximate surface area is 114 Å². The van der Waals surface area contributed by atoms with Crippen molar-refractivity contribution in [3.05, 3.63) is 29.8 Å². The number of nitrogens with one attached hydrogen (secondary N) is 1. The molecule has 2 saturated carbocycles. The summed E-state index contributed by atoms with van der Waals surface area (Å²) < 4.78 is 0. The van der Waals surface area contributed by atoms with Gasteiger partial charge in [-0.05, 0) is 54.7 Å². The maximum Gasteiger partial charge on any atom is 0.224 e. The van der Waals surface area contributed by atoms with E-state index in [0.29, 0.717) is 12.3 Å². The maximum atomic E-state index is 12.1. The number of fused-ring (bicyclic) bond motifs is 2. The summed E-state index contributed by atoms with van der Waals surface area (Å²) in [6, 6.07) is 7.42. The molecule has 0 radical (unpaired) electrons. The van der Waals surface area contributed by atoms with Crippen molar-refractivity contribution in [1.29, 1.82) is 0 Å². The van der Waals surface area contributed by atoms with Crippen molar-refractivity contribution in [1.82, 2.24) is 0 Å². The van der Waals surface area contributed by atoms with Crippen LogP contribution in [0.3, 0.4) is 0 Å². The molecule has 2 bridgehead atoms. The molecule has 19 heavy (non-hydrogen) atoms. The molecule has 2 fully saturated rings. The van der Waals surface area contributed by atoms with Crippen LogP contribution in [0.25, 0.3) is 0 Å². The third kappa shape index (κ3) is 2.81. The van der Waals surface area contributed by atoms with Gasteiger partial charge in [-0.15, -0.1) is 0 Å². The van der Waals surface area contributed by atoms with E-state index in [1.54, 1.807) is 0 Å². The molecule has 3 heteroatoms. The summed E-state index contributed by atoms with van der Waals surface area (Å²) in [6.45, 7) is 0.0100. The second kappa shape index (κ2) is 5.33. The molecule has 2 aliphatic carbocycles. The highest BCUT2D eigenvalue weighted by Gasteiger charge is 2.40. The van der Waals surface area contributed by atoms with E-state index in [4.69, 9.17) is 5.11 Å². The van der Waals surface area contributed by atoms with Crippen LogP contribution in [0.5, 0.6) is 0 Å². The molecule has 2 N–H and O–H groups in total. The van der Waals surface area contributed by atoms with Gasteiger partial charge in [0, 0.05) is 12.1 Å². The summed E-state index contributed by atoms with van der Waals surface area (Å²) >= 11 is 0. The van der Waals surface area contributed by atoms with Gasteiger partial charge in [-0.3, -0.25) is 4.79 Å². The first-order chi connectivity index (χ1) is 9.24. The molecular formula is C16H21NO2. The molecule has 1 amide bonds. The number of aliphatic hydroxyl groups excluding tert-OH is 1. The van der Waals surface area contributed by atoms with E-state index in [0.717, 1.165) is 23.1 Å². The zero-order valence-electron chi connectivity index (χ0n) is 11.1. The zero-order valence-corrected chi connectivity index (χ0v) is 11.1. The standard InChI is InChI=1S/C16H21NO2/c18-10-12-2-1-3-15(8-12)17-16(19)9-14-7-11-4-5-13(14)6-11/h1-3,8,11,13-14,18H,4-7,9-10H2,(H,17,19). The number of hydrogen-bond acceptors (Lipinski definition) is 2. The second-order valence-corrected chi connectivity index (χ2v) is 6.05. The lowest BCUT2D eigenvalue weighted by Gasteiger charge is -2.20. The van der Waals surface area contributed by atoms with Gasteiger partial charge in [-0.25, -0.2) is 0 Å². The van der Waals surface area contributed by atoms with Gasteiger partial charge in [-0.1, -0.05) is 18.6 Å². The zero-order chi connectivity index (χ0) is 13.2. The first-order valence-electron chi connectivity index (χ1n) is 7.24. The van der Waals surface area contributed by atoms with Gasteiger partial charge in [0.15, 0.2) is 0 Å². The predicted octanol–water partition coefficient (Wildman–Crippen LogP) is 2.94. The molecule has 3 atom stereocenters. The Morgan fingerprint density at radius 2 is 2.21 bits per heavy atom. The highest BCUT2D eigenvalue weighted by molar-refractivity contribution is 5.90. The molecule has 0 aromatic heterocycles. The number of hydrogen-bond donors (Lipinski definition) is 2. The van der Waals surface area contributed by atoms with Crippen LogP contribution < -0.4 is 5.32 Å². The highest BCUT2D eigenvalue weighted by Crippen LogP contribution is 2.49. The van der Waals surface area contributed by atoms with Crippen LogP contribution >= 0.6 is 0 Å². The van der Waals surface area contributed by atoms with E-state index in [1.165, 1.54) is 25.7 Å². The molecule has 0 aliphatic heterocycles. The topological polar surface area (TPSA) is 49.3 Å². The Balaban J connectivity index is 1.56. The second-order valence-electron chi connectivity index (χ2n) is 6.05. The number of carbonyl (C=O) groups excluding carboxylic acids is 1. The van der Waals surface area contributed by atoms with E-state index in [9.17, 15) is 4.79 Å². The van der Waals surface area contributed by atoms with Crippen molar-refractivity contribution in [3.8, 4) is 0 Å². The fourth-order valence-electron chi connectivity index (χ4n) is 3.82. The van der Waals surface area contributed by atoms with Gasteiger partial charge in [0.05, 0.1) is 6.61 Å². The minimum atomic E-state index is 0.0100. The maximum absolute atomic E-state index is 12.1. The lowest BCUT2D eigenvalue weighted by molar-refractivity contribution is -0.117. The number of anilines is 1. The van der Waals surface area contributed by atoms with Crippen molar-refractivity contribution in [3.63, 3.8) is 0 Å². The van der Waals surface area contributed by atoms with Crippen LogP contribution in [0.4, 0.5) is 5.69 Å². The van der Waals surface area contributed by atoms with Crippen molar-refractivity contribution < 1.29 is 9.90 Å². The Morgan fingerprint density at radius 1 is 1.32 bits per heavy atom. The predicted molar refractivity (Wildman–Crippen MR) is 74.5 cm³/mol. The molecule has 2 aliphatic rings. The summed E-state index contributed by atoms with van der Waals surface area (Å²) in [5.74, 6) is 2.40. The van der Waals surface area contributed by atoms with Gasteiger partial charge in [0.2, 0.25) is 5.91 Å². The van der Waals surface area contributed by atoms with Crippen LogP contribution in [0.2, 0.25) is 0 Å². The number of aliphatic hydroxyl groups is 1. The SMILES string of the molecule is O=C(CC1CC2CCC1C2)Nc1cccc(CO)c1. The summed E-state index contributed by atoms with van der Waals surface area (Å²) in [5, 5.41) is 12.0. The molecule has 3 rings (SSSR count). The van der Waals surface area contributed by atoms with Crippen molar-refractivity contribution >= 4 is 11.6 Å². The van der Waals surface area contributed by atoms with Gasteiger partial charge >= 0.3 is 0 Å². The number of amides is 1. The molecule has 1 aromatic carbocycles. The smallest absolute Gasteiger partial charge is 0.224 e. The molecule has 1 aromatic rings. The Kier molecular flexibility index (Phi) is 3.56. The highest BCUT2D eigenvalue weighted by atomic mass is 16.3. The van der Waals surface area contributed by atoms with Crippen molar-refractivity contribution in [2.45, 2.75) is 38.7 Å². The number of carbonyl (C=O) groups is 1. The number of benzene rings is 1. The molecular weight excluding hydrogens is 238 g/mol. The van der Waals surface area contributed by atoms with Gasteiger partial charge in [0.1, 0.15) is 0 Å². The Bertz CT molecular complexity index is 472. The lowest BCUT2D eigenvalue weighted by atomic mass is 9.86. The molecule has 0 heterocycles. The minimum absolute atomic E-state index is 0.0100. The fourth-order valence-corrected chi connectivity index (χ4v) is 3.82. The normalized spacial score (nSPS) is 28.6. The van der Waals surface area contributed by atoms with Crippen molar-refractivity contribution in [2.75, 3.05) is 5.32 Å². The third-order valence-electron chi connectivity index (χ3n) is 4.73. The lowest BCUT2D eigenvalue weighted by Crippen LogP contribution is -2.20. The van der Waals surface area contributed by atoms with Crippen molar-refractivity contribution in [2.24, 2.45) is 17.8 Å². The first kappa shape index (κ1) is 12.7. The fraction of sp³-hybridized carbons (Fsp3) is 0.562. The molecule has 0 saturated heterocycles. The van der Waals surface area contributed by atoms with Gasteiger partial charge < -0.3 is 10.4 Å². The van der Waals surface area contributed by atoms with Crippen LogP contribution in [-0.4, -0.2) is 11.0 Å².